The van der Waals surface area contributed by atoms with Crippen LogP contribution in [0.3, 0.4) is 0 Å². The highest BCUT2D eigenvalue weighted by Crippen LogP contribution is 2.20. The van der Waals surface area contributed by atoms with Gasteiger partial charge in [0.25, 0.3) is 11.8 Å². The van der Waals surface area contributed by atoms with Crippen LogP contribution in [-0.4, -0.2) is 56.8 Å². The third kappa shape index (κ3) is 4.21. The molecular weight excluding hydrogens is 370 g/mol. The third-order valence-corrected chi connectivity index (χ3v) is 5.19. The average Bonchev–Trinajstić information content (AvgIpc) is 3.13. The van der Waals surface area contributed by atoms with E-state index in [9.17, 15) is 9.59 Å². The van der Waals surface area contributed by atoms with Crippen LogP contribution in [0.15, 0.2) is 49.1 Å². The maximum atomic E-state index is 12.5. The van der Waals surface area contributed by atoms with Crippen LogP contribution in [0.1, 0.15) is 22.8 Å². The maximum Gasteiger partial charge on any atom is 0.260 e. The molecule has 1 unspecified atom stereocenters. The van der Waals surface area contributed by atoms with Crippen LogP contribution in [0.4, 0.5) is 0 Å². The molecule has 1 aliphatic heterocycles. The first kappa shape index (κ1) is 18.9. The van der Waals surface area contributed by atoms with Gasteiger partial charge >= 0.3 is 0 Å². The molecule has 1 N–H and O–H groups in total. The first-order chi connectivity index (χ1) is 14.0. The predicted octanol–water partition coefficient (Wildman–Crippen LogP) is 1.69. The number of likely N-dealkylation sites (tertiary alicyclic amines) is 1. The van der Waals surface area contributed by atoms with Crippen molar-refractivity contribution in [3.63, 3.8) is 0 Å². The molecule has 1 fully saturated rings. The van der Waals surface area contributed by atoms with Crippen molar-refractivity contribution >= 4 is 17.6 Å². The van der Waals surface area contributed by atoms with Crippen LogP contribution in [-0.2, 0) is 4.79 Å². The number of benzene rings is 1. The van der Waals surface area contributed by atoms with E-state index in [-0.39, 0.29) is 30.4 Å². The Morgan fingerprint density at radius 3 is 2.93 bits per heavy atom. The van der Waals surface area contributed by atoms with Gasteiger partial charge in [0.05, 0.1) is 5.56 Å². The van der Waals surface area contributed by atoms with Crippen LogP contribution < -0.4 is 10.1 Å². The number of amides is 2. The molecule has 4 rings (SSSR count). The van der Waals surface area contributed by atoms with Crippen molar-refractivity contribution in [1.29, 1.82) is 0 Å². The topological polar surface area (TPSA) is 88.8 Å². The first-order valence-electron chi connectivity index (χ1n) is 9.56. The van der Waals surface area contributed by atoms with Gasteiger partial charge in [-0.1, -0.05) is 12.1 Å². The number of nitrogens with one attached hydrogen (secondary N) is 1. The number of rotatable bonds is 6. The normalized spacial score (nSPS) is 15.0. The Bertz CT molecular complexity index is 1040. The summed E-state index contributed by atoms with van der Waals surface area (Å²) in [5.74, 6) is 1.23. The fourth-order valence-corrected chi connectivity index (χ4v) is 3.32. The second kappa shape index (κ2) is 7.90. The molecular formula is C21H23N5O3. The van der Waals surface area contributed by atoms with Gasteiger partial charge in [0, 0.05) is 49.8 Å². The highest BCUT2D eigenvalue weighted by molar-refractivity contribution is 5.94. The number of nitrogens with zero attached hydrogens (tertiary/aromatic N) is 4. The van der Waals surface area contributed by atoms with Crippen molar-refractivity contribution in [3.05, 3.63) is 60.2 Å². The van der Waals surface area contributed by atoms with E-state index < -0.39 is 0 Å². The van der Waals surface area contributed by atoms with Gasteiger partial charge in [0.15, 0.2) is 6.61 Å². The first-order valence-corrected chi connectivity index (χ1v) is 9.56. The van der Waals surface area contributed by atoms with E-state index in [1.165, 1.54) is 6.20 Å². The zero-order valence-corrected chi connectivity index (χ0v) is 16.4. The predicted molar refractivity (Wildman–Crippen MR) is 107 cm³/mol. The number of aromatic nitrogens is 3. The van der Waals surface area contributed by atoms with E-state index in [0.717, 1.165) is 5.56 Å². The Morgan fingerprint density at radius 1 is 1.31 bits per heavy atom. The lowest BCUT2D eigenvalue weighted by atomic mass is 9.92. The molecule has 29 heavy (non-hydrogen) atoms. The fourth-order valence-electron chi connectivity index (χ4n) is 3.32. The zero-order valence-electron chi connectivity index (χ0n) is 16.4. The molecule has 0 aliphatic carbocycles. The number of carbonyl (C=O) groups is 2. The average molecular weight is 393 g/mol. The summed E-state index contributed by atoms with van der Waals surface area (Å²) in [5, 5.41) is 3.00. The van der Waals surface area contributed by atoms with E-state index in [1.807, 2.05) is 38.1 Å². The zero-order chi connectivity index (χ0) is 20.4. The molecule has 2 aromatic heterocycles. The SMILES string of the molecule is Cc1cccc(OCC(=O)N2CC(C(C)NC(=O)c3cnc4nccn4c3)C2)c1. The minimum absolute atomic E-state index is 0.0213. The summed E-state index contributed by atoms with van der Waals surface area (Å²) in [6.45, 7) is 5.17. The molecule has 0 spiro atoms. The molecule has 150 valence electrons. The number of ether oxygens (including phenoxy) is 1. The lowest BCUT2D eigenvalue weighted by molar-refractivity contribution is -0.140. The second-order valence-electron chi connectivity index (χ2n) is 7.40. The van der Waals surface area contributed by atoms with Crippen LogP contribution in [0, 0.1) is 12.8 Å². The highest BCUT2D eigenvalue weighted by atomic mass is 16.5. The number of hydrogen-bond acceptors (Lipinski definition) is 5. The summed E-state index contributed by atoms with van der Waals surface area (Å²) >= 11 is 0. The molecule has 3 heterocycles. The molecule has 0 saturated carbocycles. The molecule has 0 radical (unpaired) electrons. The van der Waals surface area contributed by atoms with Crippen molar-refractivity contribution in [3.8, 4) is 5.75 Å². The van der Waals surface area contributed by atoms with Gasteiger partial charge in [-0.25, -0.2) is 9.97 Å². The van der Waals surface area contributed by atoms with Crippen molar-refractivity contribution in [2.45, 2.75) is 19.9 Å². The van der Waals surface area contributed by atoms with E-state index in [1.54, 1.807) is 27.9 Å². The van der Waals surface area contributed by atoms with Crippen LogP contribution >= 0.6 is 0 Å². The van der Waals surface area contributed by atoms with Crippen molar-refractivity contribution in [1.82, 2.24) is 24.6 Å². The smallest absolute Gasteiger partial charge is 0.260 e. The maximum absolute atomic E-state index is 12.5. The number of hydrogen-bond donors (Lipinski definition) is 1. The van der Waals surface area contributed by atoms with Crippen molar-refractivity contribution < 1.29 is 14.3 Å². The standard InChI is InChI=1S/C21H23N5O3/c1-14-4-3-5-18(8-14)29-13-19(27)26-11-17(12-26)15(2)24-20(28)16-9-23-21-22-6-7-25(21)10-16/h3-10,15,17H,11-13H2,1-2H3,(H,24,28). The van der Waals surface area contributed by atoms with Gasteiger partial charge < -0.3 is 15.0 Å². The van der Waals surface area contributed by atoms with Gasteiger partial charge in [-0.3, -0.25) is 14.0 Å². The molecule has 1 aromatic carbocycles. The summed E-state index contributed by atoms with van der Waals surface area (Å²) in [6, 6.07) is 7.57. The molecule has 8 heteroatoms. The minimum atomic E-state index is -0.187. The number of aryl methyl sites for hydroxylation is 1. The van der Waals surface area contributed by atoms with E-state index >= 15 is 0 Å². The Kier molecular flexibility index (Phi) is 5.16. The largest absolute Gasteiger partial charge is 0.484 e. The Morgan fingerprint density at radius 2 is 2.14 bits per heavy atom. The number of fused-ring (bicyclic) bond motifs is 1. The van der Waals surface area contributed by atoms with Crippen LogP contribution in [0.25, 0.3) is 5.78 Å². The molecule has 3 aromatic rings. The lowest BCUT2D eigenvalue weighted by Gasteiger charge is -2.42. The van der Waals surface area contributed by atoms with E-state index in [2.05, 4.69) is 15.3 Å². The van der Waals surface area contributed by atoms with Crippen molar-refractivity contribution in [2.24, 2.45) is 5.92 Å². The number of imidazole rings is 1. The quantitative estimate of drug-likeness (QED) is 0.689. The monoisotopic (exact) mass is 393 g/mol. The molecule has 1 saturated heterocycles. The number of carbonyl (C=O) groups excluding carboxylic acids is 2. The molecule has 1 atom stereocenters. The summed E-state index contributed by atoms with van der Waals surface area (Å²) in [7, 11) is 0. The van der Waals surface area contributed by atoms with Gasteiger partial charge in [-0.2, -0.15) is 0 Å². The lowest BCUT2D eigenvalue weighted by Crippen LogP contribution is -2.58. The summed E-state index contributed by atoms with van der Waals surface area (Å²) in [5.41, 5.74) is 1.56. The molecule has 1 aliphatic rings. The van der Waals surface area contributed by atoms with Crippen LogP contribution in [0.5, 0.6) is 5.75 Å². The van der Waals surface area contributed by atoms with Gasteiger partial charge in [-0.15, -0.1) is 0 Å². The minimum Gasteiger partial charge on any atom is -0.484 e. The molecule has 0 bridgehead atoms. The highest BCUT2D eigenvalue weighted by Gasteiger charge is 2.35. The Balaban J connectivity index is 1.24. The van der Waals surface area contributed by atoms with Gasteiger partial charge in [-0.05, 0) is 31.5 Å². The Labute approximate surface area is 168 Å². The van der Waals surface area contributed by atoms with Crippen molar-refractivity contribution in [2.75, 3.05) is 19.7 Å². The van der Waals surface area contributed by atoms with E-state index in [4.69, 9.17) is 4.74 Å². The van der Waals surface area contributed by atoms with Gasteiger partial charge in [0.2, 0.25) is 5.78 Å². The Hall–Kier alpha value is -3.42. The molecule has 8 nitrogen and oxygen atoms in total. The van der Waals surface area contributed by atoms with Gasteiger partial charge in [0.1, 0.15) is 5.75 Å². The van der Waals surface area contributed by atoms with Crippen LogP contribution in [0.2, 0.25) is 0 Å². The van der Waals surface area contributed by atoms with E-state index in [0.29, 0.717) is 30.2 Å². The molecule has 2 amide bonds. The summed E-state index contributed by atoms with van der Waals surface area (Å²) in [4.78, 5) is 34.8. The fraction of sp³-hybridized carbons (Fsp3) is 0.333. The second-order valence-corrected chi connectivity index (χ2v) is 7.40. The summed E-state index contributed by atoms with van der Waals surface area (Å²) < 4.78 is 7.28. The third-order valence-electron chi connectivity index (χ3n) is 5.19. The summed E-state index contributed by atoms with van der Waals surface area (Å²) in [6.07, 6.45) is 6.60.